The van der Waals surface area contributed by atoms with Gasteiger partial charge in [-0.2, -0.15) is 4.72 Å². The van der Waals surface area contributed by atoms with Crippen LogP contribution in [0.3, 0.4) is 0 Å². The van der Waals surface area contributed by atoms with Crippen LogP contribution in [-0.4, -0.2) is 37.1 Å². The quantitative estimate of drug-likeness (QED) is 0.713. The first kappa shape index (κ1) is 16.8. The maximum absolute atomic E-state index is 12.2. The lowest BCUT2D eigenvalue weighted by molar-refractivity contribution is -0.118. The van der Waals surface area contributed by atoms with Gasteiger partial charge in [0.15, 0.2) is 5.13 Å². The standard InChI is InChI=1S/C12H12ClN3O4S2/c13-8-1-3-9(4-2-8)22(19,20)16-10(7-17)11(18)15-12-14-5-6-21-12/h1-6,10,16-17H,7H2,(H,14,15,18)/t10-/m0/s1. The number of aromatic nitrogens is 1. The van der Waals surface area contributed by atoms with Crippen LogP contribution in [0.4, 0.5) is 5.13 Å². The predicted molar refractivity (Wildman–Crippen MR) is 83.4 cm³/mol. The third-order valence-corrected chi connectivity index (χ3v) is 5.01. The molecule has 0 radical (unpaired) electrons. The number of aliphatic hydroxyl groups is 1. The molecule has 7 nitrogen and oxygen atoms in total. The van der Waals surface area contributed by atoms with E-state index in [4.69, 9.17) is 11.6 Å². The molecule has 1 atom stereocenters. The van der Waals surface area contributed by atoms with Gasteiger partial charge in [0.25, 0.3) is 0 Å². The zero-order valence-corrected chi connectivity index (χ0v) is 13.5. The minimum Gasteiger partial charge on any atom is -0.394 e. The molecule has 0 aliphatic heterocycles. The minimum atomic E-state index is -3.96. The summed E-state index contributed by atoms with van der Waals surface area (Å²) in [4.78, 5) is 15.7. The van der Waals surface area contributed by atoms with Crippen molar-refractivity contribution in [1.29, 1.82) is 0 Å². The molecule has 1 aromatic heterocycles. The topological polar surface area (TPSA) is 108 Å². The van der Waals surface area contributed by atoms with E-state index in [1.807, 2.05) is 0 Å². The van der Waals surface area contributed by atoms with Gasteiger partial charge in [-0.25, -0.2) is 13.4 Å². The van der Waals surface area contributed by atoms with Crippen LogP contribution < -0.4 is 10.0 Å². The molecule has 1 aromatic carbocycles. The van der Waals surface area contributed by atoms with E-state index in [0.29, 0.717) is 10.2 Å². The molecular formula is C12H12ClN3O4S2. The molecule has 0 saturated heterocycles. The second-order valence-electron chi connectivity index (χ2n) is 4.14. The number of carbonyl (C=O) groups excluding carboxylic acids is 1. The van der Waals surface area contributed by atoms with Gasteiger partial charge in [-0.3, -0.25) is 4.79 Å². The smallest absolute Gasteiger partial charge is 0.246 e. The number of benzene rings is 1. The van der Waals surface area contributed by atoms with E-state index in [9.17, 15) is 18.3 Å². The van der Waals surface area contributed by atoms with Crippen LogP contribution in [-0.2, 0) is 14.8 Å². The number of thiazole rings is 1. The molecule has 2 aromatic rings. The highest BCUT2D eigenvalue weighted by atomic mass is 35.5. The Balaban J connectivity index is 2.11. The van der Waals surface area contributed by atoms with E-state index >= 15 is 0 Å². The Bertz CT molecular complexity index is 732. The van der Waals surface area contributed by atoms with Crippen molar-refractivity contribution in [3.8, 4) is 0 Å². The Hall–Kier alpha value is -1.52. The molecule has 1 heterocycles. The molecule has 2 rings (SSSR count). The molecule has 0 saturated carbocycles. The van der Waals surface area contributed by atoms with Crippen LogP contribution in [0.1, 0.15) is 0 Å². The van der Waals surface area contributed by atoms with Gasteiger partial charge in [0.1, 0.15) is 6.04 Å². The first-order valence-electron chi connectivity index (χ1n) is 6.01. The molecule has 0 aliphatic rings. The van der Waals surface area contributed by atoms with Gasteiger partial charge < -0.3 is 10.4 Å². The highest BCUT2D eigenvalue weighted by molar-refractivity contribution is 7.89. The van der Waals surface area contributed by atoms with Gasteiger partial charge in [-0.1, -0.05) is 11.6 Å². The summed E-state index contributed by atoms with van der Waals surface area (Å²) < 4.78 is 26.5. The predicted octanol–water partition coefficient (Wildman–Crippen LogP) is 1.07. The van der Waals surface area contributed by atoms with E-state index in [1.165, 1.54) is 41.8 Å². The van der Waals surface area contributed by atoms with Crippen molar-refractivity contribution in [1.82, 2.24) is 9.71 Å². The molecule has 0 unspecified atom stereocenters. The molecule has 10 heteroatoms. The summed E-state index contributed by atoms with van der Waals surface area (Å²) in [6.07, 6.45) is 1.49. The number of hydrogen-bond acceptors (Lipinski definition) is 6. The van der Waals surface area contributed by atoms with Gasteiger partial charge >= 0.3 is 0 Å². The van der Waals surface area contributed by atoms with Crippen molar-refractivity contribution in [2.45, 2.75) is 10.9 Å². The van der Waals surface area contributed by atoms with Crippen molar-refractivity contribution < 1.29 is 18.3 Å². The van der Waals surface area contributed by atoms with Crippen molar-refractivity contribution in [3.05, 3.63) is 40.9 Å². The highest BCUT2D eigenvalue weighted by Gasteiger charge is 2.25. The van der Waals surface area contributed by atoms with E-state index < -0.39 is 28.6 Å². The summed E-state index contributed by atoms with van der Waals surface area (Å²) in [5.41, 5.74) is 0. The lowest BCUT2D eigenvalue weighted by Gasteiger charge is -2.15. The fourth-order valence-corrected chi connectivity index (χ4v) is 3.36. The van der Waals surface area contributed by atoms with Crippen LogP contribution in [0.25, 0.3) is 0 Å². The SMILES string of the molecule is O=C(Nc1nccs1)[C@H](CO)NS(=O)(=O)c1ccc(Cl)cc1. The first-order valence-corrected chi connectivity index (χ1v) is 8.75. The molecule has 0 bridgehead atoms. The first-order chi connectivity index (χ1) is 10.4. The Morgan fingerprint density at radius 2 is 2.05 bits per heavy atom. The summed E-state index contributed by atoms with van der Waals surface area (Å²) in [6, 6.07) is 4.11. The number of sulfonamides is 1. The maximum atomic E-state index is 12.2. The van der Waals surface area contributed by atoms with E-state index in [-0.39, 0.29) is 4.90 Å². The molecular weight excluding hydrogens is 350 g/mol. The third-order valence-electron chi connectivity index (χ3n) is 2.58. The van der Waals surface area contributed by atoms with Crippen LogP contribution in [0, 0.1) is 0 Å². The van der Waals surface area contributed by atoms with Gasteiger partial charge in [0, 0.05) is 16.6 Å². The monoisotopic (exact) mass is 361 g/mol. The molecule has 0 spiro atoms. The number of carbonyl (C=O) groups is 1. The third kappa shape index (κ3) is 4.24. The number of nitrogens with zero attached hydrogens (tertiary/aromatic N) is 1. The van der Waals surface area contributed by atoms with Crippen LogP contribution in [0.5, 0.6) is 0 Å². The Morgan fingerprint density at radius 1 is 1.36 bits per heavy atom. The van der Waals surface area contributed by atoms with E-state index in [1.54, 1.807) is 5.38 Å². The molecule has 1 amide bonds. The number of halogens is 1. The largest absolute Gasteiger partial charge is 0.394 e. The molecule has 118 valence electrons. The zero-order chi connectivity index (χ0) is 16.2. The van der Waals surface area contributed by atoms with Crippen LogP contribution in [0.2, 0.25) is 5.02 Å². The summed E-state index contributed by atoms with van der Waals surface area (Å²) >= 11 is 6.88. The Labute approximate surface area is 136 Å². The minimum absolute atomic E-state index is 0.0580. The Kier molecular flexibility index (Phi) is 5.48. The second-order valence-corrected chi connectivity index (χ2v) is 7.18. The van der Waals surface area contributed by atoms with E-state index in [2.05, 4.69) is 15.0 Å². The molecule has 22 heavy (non-hydrogen) atoms. The van der Waals surface area contributed by atoms with Crippen LogP contribution in [0.15, 0.2) is 40.7 Å². The fourth-order valence-electron chi connectivity index (χ4n) is 1.52. The average Bonchev–Trinajstić information content (AvgIpc) is 2.98. The zero-order valence-electron chi connectivity index (χ0n) is 11.1. The number of aliphatic hydroxyl groups excluding tert-OH is 1. The molecule has 0 fully saturated rings. The average molecular weight is 362 g/mol. The lowest BCUT2D eigenvalue weighted by atomic mass is 10.3. The van der Waals surface area contributed by atoms with Crippen LogP contribution >= 0.6 is 22.9 Å². The lowest BCUT2D eigenvalue weighted by Crippen LogP contribution is -2.46. The van der Waals surface area contributed by atoms with Gasteiger partial charge in [-0.05, 0) is 24.3 Å². The number of rotatable bonds is 6. The van der Waals surface area contributed by atoms with Crippen molar-refractivity contribution in [2.75, 3.05) is 11.9 Å². The van der Waals surface area contributed by atoms with E-state index in [0.717, 1.165) is 0 Å². The van der Waals surface area contributed by atoms with Gasteiger partial charge in [0.2, 0.25) is 15.9 Å². The number of nitrogens with one attached hydrogen (secondary N) is 2. The maximum Gasteiger partial charge on any atom is 0.246 e. The second kappa shape index (κ2) is 7.16. The number of amides is 1. The summed E-state index contributed by atoms with van der Waals surface area (Å²) in [5, 5.41) is 14.0. The summed E-state index contributed by atoms with van der Waals surface area (Å²) in [7, 11) is -3.96. The normalized spacial score (nSPS) is 12.8. The number of anilines is 1. The fraction of sp³-hybridized carbons (Fsp3) is 0.167. The summed E-state index contributed by atoms with van der Waals surface area (Å²) in [5.74, 6) is -0.699. The summed E-state index contributed by atoms with van der Waals surface area (Å²) in [6.45, 7) is -0.690. The molecule has 0 aliphatic carbocycles. The van der Waals surface area contributed by atoms with Crippen molar-refractivity contribution in [2.24, 2.45) is 0 Å². The highest BCUT2D eigenvalue weighted by Crippen LogP contribution is 2.15. The number of hydrogen-bond donors (Lipinski definition) is 3. The van der Waals surface area contributed by atoms with Gasteiger partial charge in [-0.15, -0.1) is 11.3 Å². The van der Waals surface area contributed by atoms with Crippen molar-refractivity contribution in [3.63, 3.8) is 0 Å². The molecule has 3 N–H and O–H groups in total. The van der Waals surface area contributed by atoms with Gasteiger partial charge in [0.05, 0.1) is 11.5 Å². The Morgan fingerprint density at radius 3 is 2.59 bits per heavy atom. The van der Waals surface area contributed by atoms with Crippen molar-refractivity contribution >= 4 is 44.0 Å².